The monoisotopic (exact) mass is 325 g/mol. The Hall–Kier alpha value is -2.00. The van der Waals surface area contributed by atoms with Crippen LogP contribution in [0.1, 0.15) is 36.8 Å². The quantitative estimate of drug-likeness (QED) is 0.752. The van der Waals surface area contributed by atoms with Gasteiger partial charge in [-0.1, -0.05) is 55.0 Å². The van der Waals surface area contributed by atoms with E-state index in [2.05, 4.69) is 35.2 Å². The number of piperidine rings is 1. The largest absolute Gasteiger partial charge is 0.289 e. The van der Waals surface area contributed by atoms with E-state index in [1.807, 2.05) is 6.07 Å². The Morgan fingerprint density at radius 2 is 1.79 bits per heavy atom. The van der Waals surface area contributed by atoms with Crippen LogP contribution in [0.4, 0.5) is 8.78 Å². The maximum atomic E-state index is 14.2. The topological polar surface area (TPSA) is 3.24 Å². The number of nitrogens with zero attached hydrogens (tertiary/aromatic N) is 1. The van der Waals surface area contributed by atoms with Crippen molar-refractivity contribution in [1.29, 1.82) is 0 Å². The fraction of sp³-hybridized carbons (Fsp3) is 0.333. The predicted molar refractivity (Wildman–Crippen MR) is 92.4 cm³/mol. The molecule has 0 spiro atoms. The molecule has 0 radical (unpaired) electrons. The molecule has 124 valence electrons. The molecule has 0 amide bonds. The summed E-state index contributed by atoms with van der Waals surface area (Å²) in [5.74, 6) is -1.47. The van der Waals surface area contributed by atoms with Gasteiger partial charge in [0.15, 0.2) is 11.6 Å². The van der Waals surface area contributed by atoms with E-state index >= 15 is 0 Å². The van der Waals surface area contributed by atoms with Gasteiger partial charge in [-0.2, -0.15) is 0 Å². The lowest BCUT2D eigenvalue weighted by molar-refractivity contribution is 0.0950. The molecule has 1 fully saturated rings. The molecule has 3 heteroatoms. The highest BCUT2D eigenvalue weighted by atomic mass is 19.2. The molecule has 24 heavy (non-hydrogen) atoms. The van der Waals surface area contributed by atoms with Crippen LogP contribution < -0.4 is 0 Å². The van der Waals surface area contributed by atoms with E-state index in [1.165, 1.54) is 18.1 Å². The van der Waals surface area contributed by atoms with Crippen molar-refractivity contribution in [2.24, 2.45) is 0 Å². The first-order valence-electron chi connectivity index (χ1n) is 8.67. The summed E-state index contributed by atoms with van der Waals surface area (Å²) in [6.07, 6.45) is 6.37. The van der Waals surface area contributed by atoms with Gasteiger partial charge >= 0.3 is 0 Å². The minimum atomic E-state index is -0.759. The van der Waals surface area contributed by atoms with Crippen molar-refractivity contribution in [2.75, 3.05) is 0 Å². The molecular formula is C21H21F2N. The maximum absolute atomic E-state index is 14.2. The van der Waals surface area contributed by atoms with Crippen molar-refractivity contribution in [3.05, 3.63) is 77.4 Å². The van der Waals surface area contributed by atoms with E-state index in [0.29, 0.717) is 17.6 Å². The normalized spacial score (nSPS) is 23.8. The lowest BCUT2D eigenvalue weighted by Crippen LogP contribution is -2.47. The molecular weight excluding hydrogens is 304 g/mol. The molecule has 0 saturated carbocycles. The van der Waals surface area contributed by atoms with Crippen molar-refractivity contribution < 1.29 is 8.78 Å². The Morgan fingerprint density at radius 3 is 2.58 bits per heavy atom. The lowest BCUT2D eigenvalue weighted by atomic mass is 9.82. The molecule has 0 N–H and O–H groups in total. The zero-order chi connectivity index (χ0) is 16.5. The lowest BCUT2D eigenvalue weighted by Gasteiger charge is -2.45. The van der Waals surface area contributed by atoms with Gasteiger partial charge in [-0.15, -0.1) is 0 Å². The van der Waals surface area contributed by atoms with Crippen LogP contribution in [0.3, 0.4) is 0 Å². The molecule has 2 bridgehead atoms. The molecule has 1 saturated heterocycles. The van der Waals surface area contributed by atoms with Crippen molar-refractivity contribution in [3.8, 4) is 0 Å². The Balaban J connectivity index is 1.64. The van der Waals surface area contributed by atoms with Crippen LogP contribution in [0.15, 0.2) is 54.6 Å². The average molecular weight is 325 g/mol. The second kappa shape index (κ2) is 6.48. The Kier molecular flexibility index (Phi) is 4.19. The van der Waals surface area contributed by atoms with E-state index in [4.69, 9.17) is 0 Å². The van der Waals surface area contributed by atoms with Gasteiger partial charge in [-0.3, -0.25) is 4.90 Å². The summed E-state index contributed by atoms with van der Waals surface area (Å²) < 4.78 is 27.8. The van der Waals surface area contributed by atoms with E-state index in [0.717, 1.165) is 31.4 Å². The first-order valence-corrected chi connectivity index (χ1v) is 8.67. The van der Waals surface area contributed by atoms with Gasteiger partial charge in [0.25, 0.3) is 0 Å². The number of hydrogen-bond donors (Lipinski definition) is 0. The fourth-order valence-electron chi connectivity index (χ4n) is 4.11. The van der Waals surface area contributed by atoms with Gasteiger partial charge in [0.2, 0.25) is 0 Å². The van der Waals surface area contributed by atoms with Crippen LogP contribution in [-0.4, -0.2) is 17.0 Å². The van der Waals surface area contributed by atoms with Gasteiger partial charge in [0.1, 0.15) is 0 Å². The molecule has 2 aliphatic rings. The van der Waals surface area contributed by atoms with Crippen LogP contribution in [-0.2, 0) is 6.54 Å². The van der Waals surface area contributed by atoms with Crippen LogP contribution >= 0.6 is 0 Å². The van der Waals surface area contributed by atoms with E-state index < -0.39 is 11.6 Å². The molecule has 2 heterocycles. The molecule has 4 rings (SSSR count). The summed E-state index contributed by atoms with van der Waals surface area (Å²) in [5.41, 5.74) is 2.71. The van der Waals surface area contributed by atoms with Crippen LogP contribution in [0.25, 0.3) is 5.57 Å². The number of halogens is 2. The zero-order valence-electron chi connectivity index (χ0n) is 13.6. The molecule has 2 aromatic carbocycles. The highest BCUT2D eigenvalue weighted by Gasteiger charge is 2.34. The molecule has 0 aromatic heterocycles. The van der Waals surface area contributed by atoms with Crippen molar-refractivity contribution in [3.63, 3.8) is 0 Å². The summed E-state index contributed by atoms with van der Waals surface area (Å²) in [6, 6.07) is 15.7. The SMILES string of the molecule is Fc1cccc(C2=CC3CCCC(C2)N3Cc2ccccc2)c1F. The third-order valence-corrected chi connectivity index (χ3v) is 5.29. The average Bonchev–Trinajstić information content (AvgIpc) is 2.58. The summed E-state index contributed by atoms with van der Waals surface area (Å²) in [4.78, 5) is 2.53. The predicted octanol–water partition coefficient (Wildman–Crippen LogP) is 5.18. The molecule has 0 aliphatic carbocycles. The van der Waals surface area contributed by atoms with Gasteiger partial charge in [0.05, 0.1) is 0 Å². The van der Waals surface area contributed by atoms with Gasteiger partial charge < -0.3 is 0 Å². The standard InChI is InChI=1S/C21H21F2N/c22-20-11-5-10-19(21(20)23)16-12-17-8-4-9-18(13-16)24(17)14-15-6-2-1-3-7-15/h1-3,5-7,10-12,17-18H,4,8-9,13-14H2. The third-order valence-electron chi connectivity index (χ3n) is 5.29. The summed E-state index contributed by atoms with van der Waals surface area (Å²) in [7, 11) is 0. The van der Waals surface area contributed by atoms with E-state index in [9.17, 15) is 8.78 Å². The number of hydrogen-bond acceptors (Lipinski definition) is 1. The molecule has 1 nitrogen and oxygen atoms in total. The number of fused-ring (bicyclic) bond motifs is 2. The van der Waals surface area contributed by atoms with Crippen molar-refractivity contribution in [2.45, 2.75) is 44.3 Å². The molecule has 2 unspecified atom stereocenters. The molecule has 2 atom stereocenters. The second-order valence-electron chi connectivity index (χ2n) is 6.81. The van der Waals surface area contributed by atoms with Crippen molar-refractivity contribution >= 4 is 5.57 Å². The van der Waals surface area contributed by atoms with Crippen molar-refractivity contribution in [1.82, 2.24) is 4.90 Å². The van der Waals surface area contributed by atoms with Crippen LogP contribution in [0.5, 0.6) is 0 Å². The minimum Gasteiger partial charge on any atom is -0.289 e. The third kappa shape index (κ3) is 2.89. The number of benzene rings is 2. The Morgan fingerprint density at radius 1 is 0.958 bits per heavy atom. The first-order chi connectivity index (χ1) is 11.7. The fourth-order valence-corrected chi connectivity index (χ4v) is 4.11. The summed E-state index contributed by atoms with van der Waals surface area (Å²) in [6.45, 7) is 0.922. The smallest absolute Gasteiger partial charge is 0.166 e. The maximum Gasteiger partial charge on any atom is 0.166 e. The Labute approximate surface area is 141 Å². The minimum absolute atomic E-state index is 0.315. The summed E-state index contributed by atoms with van der Waals surface area (Å²) in [5, 5.41) is 0. The highest BCUT2D eigenvalue weighted by molar-refractivity contribution is 5.68. The van der Waals surface area contributed by atoms with Gasteiger partial charge in [0, 0.05) is 24.2 Å². The first kappa shape index (κ1) is 15.5. The summed E-state index contributed by atoms with van der Waals surface area (Å²) >= 11 is 0. The molecule has 2 aliphatic heterocycles. The van der Waals surface area contributed by atoms with Gasteiger partial charge in [-0.05, 0) is 36.5 Å². The zero-order valence-corrected chi connectivity index (χ0v) is 13.6. The second-order valence-corrected chi connectivity index (χ2v) is 6.81. The molecule has 2 aromatic rings. The van der Waals surface area contributed by atoms with Crippen LogP contribution in [0.2, 0.25) is 0 Å². The Bertz CT molecular complexity index is 754. The van der Waals surface area contributed by atoms with Gasteiger partial charge in [-0.25, -0.2) is 8.78 Å². The van der Waals surface area contributed by atoms with E-state index in [1.54, 1.807) is 12.1 Å². The number of rotatable bonds is 3. The van der Waals surface area contributed by atoms with Crippen LogP contribution in [0, 0.1) is 11.6 Å². The van der Waals surface area contributed by atoms with E-state index in [-0.39, 0.29) is 0 Å². The highest BCUT2D eigenvalue weighted by Crippen LogP contribution is 2.38.